The third-order valence-electron chi connectivity index (χ3n) is 2.39. The van der Waals surface area contributed by atoms with Crippen LogP contribution in [0.1, 0.15) is 11.4 Å². The van der Waals surface area contributed by atoms with Crippen molar-refractivity contribution in [2.24, 2.45) is 5.73 Å². The van der Waals surface area contributed by atoms with Gasteiger partial charge in [0.25, 0.3) is 0 Å². The maximum absolute atomic E-state index is 5.96. The molecular weight excluding hydrogens is 234 g/mol. The second-order valence-corrected chi connectivity index (χ2v) is 4.31. The van der Waals surface area contributed by atoms with E-state index in [2.05, 4.69) is 9.97 Å². The first-order chi connectivity index (χ1) is 8.19. The summed E-state index contributed by atoms with van der Waals surface area (Å²) in [5, 5.41) is 0.688. The average Bonchev–Trinajstić information content (AvgIpc) is 2.28. The summed E-state index contributed by atoms with van der Waals surface area (Å²) in [5.74, 6) is 0.705. The van der Waals surface area contributed by atoms with Gasteiger partial charge >= 0.3 is 0 Å². The van der Waals surface area contributed by atoms with Gasteiger partial charge in [0.15, 0.2) is 5.82 Å². The van der Waals surface area contributed by atoms with E-state index in [0.717, 1.165) is 23.4 Å². The van der Waals surface area contributed by atoms with E-state index in [1.807, 2.05) is 37.3 Å². The van der Waals surface area contributed by atoms with Crippen molar-refractivity contribution in [3.05, 3.63) is 46.7 Å². The summed E-state index contributed by atoms with van der Waals surface area (Å²) in [5.41, 5.74) is 8.38. The lowest BCUT2D eigenvalue weighted by molar-refractivity contribution is 0.905. The Kier molecular flexibility index (Phi) is 3.71. The SMILES string of the molecule is Cc1cc(CCN)nc(-c2cccc(Cl)c2)n1. The van der Waals surface area contributed by atoms with Gasteiger partial charge in [-0.3, -0.25) is 0 Å². The van der Waals surface area contributed by atoms with Crippen LogP contribution in [0.4, 0.5) is 0 Å². The minimum atomic E-state index is 0.589. The largest absolute Gasteiger partial charge is 0.330 e. The van der Waals surface area contributed by atoms with E-state index in [9.17, 15) is 0 Å². The summed E-state index contributed by atoms with van der Waals surface area (Å²) < 4.78 is 0. The molecule has 3 nitrogen and oxygen atoms in total. The van der Waals surface area contributed by atoms with E-state index in [1.165, 1.54) is 0 Å². The number of halogens is 1. The molecule has 0 fully saturated rings. The fraction of sp³-hybridized carbons (Fsp3) is 0.231. The summed E-state index contributed by atoms with van der Waals surface area (Å²) in [6.07, 6.45) is 0.761. The molecule has 0 spiro atoms. The standard InChI is InChI=1S/C13H14ClN3/c1-9-7-12(5-6-15)17-13(16-9)10-3-2-4-11(14)8-10/h2-4,7-8H,5-6,15H2,1H3. The highest BCUT2D eigenvalue weighted by molar-refractivity contribution is 6.30. The van der Waals surface area contributed by atoms with Crippen molar-refractivity contribution in [3.63, 3.8) is 0 Å². The van der Waals surface area contributed by atoms with Crippen LogP contribution in [0.25, 0.3) is 11.4 Å². The van der Waals surface area contributed by atoms with Gasteiger partial charge in [0.2, 0.25) is 0 Å². The molecule has 0 atom stereocenters. The van der Waals surface area contributed by atoms with Gasteiger partial charge in [-0.2, -0.15) is 0 Å². The van der Waals surface area contributed by atoms with Crippen molar-refractivity contribution in [3.8, 4) is 11.4 Å². The molecule has 0 saturated heterocycles. The average molecular weight is 248 g/mol. The van der Waals surface area contributed by atoms with Gasteiger partial charge in [-0.05, 0) is 31.7 Å². The summed E-state index contributed by atoms with van der Waals surface area (Å²) >= 11 is 5.96. The van der Waals surface area contributed by atoms with E-state index in [1.54, 1.807) is 0 Å². The Hall–Kier alpha value is -1.45. The van der Waals surface area contributed by atoms with Gasteiger partial charge in [0.05, 0.1) is 0 Å². The van der Waals surface area contributed by atoms with Crippen molar-refractivity contribution in [2.45, 2.75) is 13.3 Å². The number of hydrogen-bond donors (Lipinski definition) is 1. The molecule has 0 bridgehead atoms. The molecule has 0 amide bonds. The lowest BCUT2D eigenvalue weighted by atomic mass is 10.2. The predicted molar refractivity (Wildman–Crippen MR) is 70.0 cm³/mol. The Balaban J connectivity index is 2.44. The summed E-state index contributed by atoms with van der Waals surface area (Å²) in [6.45, 7) is 2.54. The zero-order valence-electron chi connectivity index (χ0n) is 9.65. The van der Waals surface area contributed by atoms with Crippen LogP contribution in [0.2, 0.25) is 5.02 Å². The Labute approximate surface area is 106 Å². The molecule has 0 radical (unpaired) electrons. The van der Waals surface area contributed by atoms with Gasteiger partial charge < -0.3 is 5.73 Å². The van der Waals surface area contributed by atoms with Crippen LogP contribution < -0.4 is 5.73 Å². The molecule has 4 heteroatoms. The second-order valence-electron chi connectivity index (χ2n) is 3.87. The normalized spacial score (nSPS) is 10.5. The Bertz CT molecular complexity index is 526. The molecule has 0 aliphatic rings. The monoisotopic (exact) mass is 247 g/mol. The quantitative estimate of drug-likeness (QED) is 0.907. The van der Waals surface area contributed by atoms with E-state index < -0.39 is 0 Å². The Morgan fingerprint density at radius 3 is 2.76 bits per heavy atom. The summed E-state index contributed by atoms with van der Waals surface area (Å²) in [6, 6.07) is 9.50. The topological polar surface area (TPSA) is 51.8 Å². The van der Waals surface area contributed by atoms with E-state index in [-0.39, 0.29) is 0 Å². The van der Waals surface area contributed by atoms with E-state index in [4.69, 9.17) is 17.3 Å². The highest BCUT2D eigenvalue weighted by Crippen LogP contribution is 2.20. The molecule has 2 aromatic rings. The molecule has 0 saturated carbocycles. The fourth-order valence-corrected chi connectivity index (χ4v) is 1.86. The van der Waals surface area contributed by atoms with Crippen LogP contribution in [-0.2, 0) is 6.42 Å². The van der Waals surface area contributed by atoms with Gasteiger partial charge in [-0.1, -0.05) is 23.7 Å². The second kappa shape index (κ2) is 5.25. The zero-order valence-corrected chi connectivity index (χ0v) is 10.4. The lowest BCUT2D eigenvalue weighted by Crippen LogP contribution is -2.06. The molecule has 88 valence electrons. The zero-order chi connectivity index (χ0) is 12.3. The molecule has 2 rings (SSSR count). The number of aryl methyl sites for hydroxylation is 1. The highest BCUT2D eigenvalue weighted by Gasteiger charge is 2.05. The first kappa shape index (κ1) is 12.0. The molecule has 1 aromatic heterocycles. The molecule has 17 heavy (non-hydrogen) atoms. The van der Waals surface area contributed by atoms with Crippen LogP contribution in [0.5, 0.6) is 0 Å². The number of benzene rings is 1. The first-order valence-electron chi connectivity index (χ1n) is 5.49. The van der Waals surface area contributed by atoms with Crippen LogP contribution in [-0.4, -0.2) is 16.5 Å². The molecular formula is C13H14ClN3. The Morgan fingerprint density at radius 1 is 1.24 bits per heavy atom. The number of rotatable bonds is 3. The number of nitrogens with two attached hydrogens (primary N) is 1. The fourth-order valence-electron chi connectivity index (χ4n) is 1.67. The molecule has 0 aliphatic heterocycles. The summed E-state index contributed by atoms with van der Waals surface area (Å²) in [4.78, 5) is 8.90. The van der Waals surface area contributed by atoms with Crippen molar-refractivity contribution in [1.29, 1.82) is 0 Å². The van der Waals surface area contributed by atoms with Crippen molar-refractivity contribution < 1.29 is 0 Å². The molecule has 0 unspecified atom stereocenters. The lowest BCUT2D eigenvalue weighted by Gasteiger charge is -2.05. The van der Waals surface area contributed by atoms with E-state index >= 15 is 0 Å². The molecule has 1 aromatic carbocycles. The summed E-state index contributed by atoms with van der Waals surface area (Å²) in [7, 11) is 0. The van der Waals surface area contributed by atoms with Crippen LogP contribution in [0, 0.1) is 6.92 Å². The number of nitrogens with zero attached hydrogens (tertiary/aromatic N) is 2. The minimum Gasteiger partial charge on any atom is -0.330 e. The highest BCUT2D eigenvalue weighted by atomic mass is 35.5. The van der Waals surface area contributed by atoms with Gasteiger partial charge in [-0.25, -0.2) is 9.97 Å². The number of hydrogen-bond acceptors (Lipinski definition) is 3. The van der Waals surface area contributed by atoms with Gasteiger partial charge in [-0.15, -0.1) is 0 Å². The smallest absolute Gasteiger partial charge is 0.159 e. The third-order valence-corrected chi connectivity index (χ3v) is 2.63. The first-order valence-corrected chi connectivity index (χ1v) is 5.87. The van der Waals surface area contributed by atoms with E-state index in [0.29, 0.717) is 17.4 Å². The molecule has 1 heterocycles. The maximum Gasteiger partial charge on any atom is 0.159 e. The maximum atomic E-state index is 5.96. The Morgan fingerprint density at radius 2 is 2.06 bits per heavy atom. The van der Waals surface area contributed by atoms with Crippen molar-refractivity contribution >= 4 is 11.6 Å². The van der Waals surface area contributed by atoms with Crippen LogP contribution in [0.3, 0.4) is 0 Å². The minimum absolute atomic E-state index is 0.589. The predicted octanol–water partition coefficient (Wildman–Crippen LogP) is 2.61. The van der Waals surface area contributed by atoms with Gasteiger partial charge in [0, 0.05) is 28.4 Å². The number of aromatic nitrogens is 2. The van der Waals surface area contributed by atoms with Crippen molar-refractivity contribution in [1.82, 2.24) is 9.97 Å². The third kappa shape index (κ3) is 3.02. The van der Waals surface area contributed by atoms with Crippen LogP contribution in [0.15, 0.2) is 30.3 Å². The van der Waals surface area contributed by atoms with Gasteiger partial charge in [0.1, 0.15) is 0 Å². The molecule has 0 aliphatic carbocycles. The van der Waals surface area contributed by atoms with Crippen LogP contribution >= 0.6 is 11.6 Å². The van der Waals surface area contributed by atoms with Crippen molar-refractivity contribution in [2.75, 3.05) is 6.54 Å². The molecule has 2 N–H and O–H groups in total.